The van der Waals surface area contributed by atoms with Gasteiger partial charge in [-0.1, -0.05) is 29.8 Å². The summed E-state index contributed by atoms with van der Waals surface area (Å²) in [6, 6.07) is 12.8. The van der Waals surface area contributed by atoms with Crippen LogP contribution >= 0.6 is 11.6 Å². The van der Waals surface area contributed by atoms with Gasteiger partial charge in [0.2, 0.25) is 0 Å². The second kappa shape index (κ2) is 6.44. The van der Waals surface area contributed by atoms with Crippen LogP contribution in [0.2, 0.25) is 5.02 Å². The Labute approximate surface area is 123 Å². The lowest BCUT2D eigenvalue weighted by atomic mass is 10.1. The van der Waals surface area contributed by atoms with E-state index in [0.29, 0.717) is 10.8 Å². The molecule has 0 aliphatic rings. The SMILES string of the molecule is Cc1cccc(C)c1NC(=O)COc1ccc(Cl)cc1. The fourth-order valence-corrected chi connectivity index (χ4v) is 1.99. The van der Waals surface area contributed by atoms with Crippen molar-refractivity contribution in [1.29, 1.82) is 0 Å². The molecule has 1 N–H and O–H groups in total. The summed E-state index contributed by atoms with van der Waals surface area (Å²) in [4.78, 5) is 11.9. The van der Waals surface area contributed by atoms with E-state index in [2.05, 4.69) is 5.32 Å². The number of nitrogens with one attached hydrogen (secondary N) is 1. The Morgan fingerprint density at radius 1 is 1.10 bits per heavy atom. The summed E-state index contributed by atoms with van der Waals surface area (Å²) in [6.07, 6.45) is 0. The smallest absolute Gasteiger partial charge is 0.262 e. The lowest BCUT2D eigenvalue weighted by Gasteiger charge is -2.12. The molecule has 0 spiro atoms. The van der Waals surface area contributed by atoms with Crippen LogP contribution in [0.3, 0.4) is 0 Å². The molecule has 4 heteroatoms. The molecule has 0 aliphatic heterocycles. The molecule has 104 valence electrons. The molecule has 3 nitrogen and oxygen atoms in total. The fourth-order valence-electron chi connectivity index (χ4n) is 1.87. The quantitative estimate of drug-likeness (QED) is 0.925. The summed E-state index contributed by atoms with van der Waals surface area (Å²) in [5.41, 5.74) is 2.91. The van der Waals surface area contributed by atoms with Crippen molar-refractivity contribution in [3.05, 3.63) is 58.6 Å². The van der Waals surface area contributed by atoms with E-state index in [1.807, 2.05) is 32.0 Å². The molecule has 0 saturated carbocycles. The van der Waals surface area contributed by atoms with Gasteiger partial charge in [0.05, 0.1) is 0 Å². The predicted octanol–water partition coefficient (Wildman–Crippen LogP) is 3.97. The molecule has 0 unspecified atom stereocenters. The van der Waals surface area contributed by atoms with Gasteiger partial charge >= 0.3 is 0 Å². The van der Waals surface area contributed by atoms with Crippen molar-refractivity contribution >= 4 is 23.2 Å². The monoisotopic (exact) mass is 289 g/mol. The molecule has 0 atom stereocenters. The van der Waals surface area contributed by atoms with E-state index in [-0.39, 0.29) is 12.5 Å². The van der Waals surface area contributed by atoms with Gasteiger partial charge in [-0.15, -0.1) is 0 Å². The molecule has 0 fully saturated rings. The normalized spacial score (nSPS) is 10.2. The average molecular weight is 290 g/mol. The van der Waals surface area contributed by atoms with Crippen LogP contribution in [0, 0.1) is 13.8 Å². The number of ether oxygens (including phenoxy) is 1. The topological polar surface area (TPSA) is 38.3 Å². The summed E-state index contributed by atoms with van der Waals surface area (Å²) >= 11 is 5.78. The van der Waals surface area contributed by atoms with Gasteiger partial charge in [0, 0.05) is 10.7 Å². The van der Waals surface area contributed by atoms with Crippen LogP contribution in [0.15, 0.2) is 42.5 Å². The number of carbonyl (C=O) groups is 1. The number of rotatable bonds is 4. The van der Waals surface area contributed by atoms with Gasteiger partial charge in [-0.25, -0.2) is 0 Å². The van der Waals surface area contributed by atoms with Crippen LogP contribution in [0.1, 0.15) is 11.1 Å². The van der Waals surface area contributed by atoms with Gasteiger partial charge in [-0.05, 0) is 49.2 Å². The van der Waals surface area contributed by atoms with Crippen molar-refractivity contribution in [3.63, 3.8) is 0 Å². The first-order valence-electron chi connectivity index (χ1n) is 6.30. The van der Waals surface area contributed by atoms with E-state index in [4.69, 9.17) is 16.3 Å². The van der Waals surface area contributed by atoms with Gasteiger partial charge in [0.15, 0.2) is 6.61 Å². The second-order valence-corrected chi connectivity index (χ2v) is 4.99. The zero-order valence-corrected chi connectivity index (χ0v) is 12.2. The molecule has 2 rings (SSSR count). The first-order valence-corrected chi connectivity index (χ1v) is 6.68. The summed E-state index contributed by atoms with van der Waals surface area (Å²) in [5.74, 6) is 0.434. The molecule has 1 amide bonds. The van der Waals surface area contributed by atoms with Crippen LogP contribution in [0.5, 0.6) is 5.75 Å². The molecular weight excluding hydrogens is 274 g/mol. The van der Waals surface area contributed by atoms with Crippen molar-refractivity contribution in [1.82, 2.24) is 0 Å². The maximum absolute atomic E-state index is 11.9. The number of anilines is 1. The minimum atomic E-state index is -0.183. The maximum atomic E-state index is 11.9. The minimum absolute atomic E-state index is 0.0323. The number of aryl methyl sites for hydroxylation is 2. The standard InChI is InChI=1S/C16H16ClNO2/c1-11-4-3-5-12(2)16(11)18-15(19)10-20-14-8-6-13(17)7-9-14/h3-9H,10H2,1-2H3,(H,18,19). The highest BCUT2D eigenvalue weighted by molar-refractivity contribution is 6.30. The Morgan fingerprint density at radius 2 is 1.70 bits per heavy atom. The highest BCUT2D eigenvalue weighted by Gasteiger charge is 2.07. The number of amides is 1. The average Bonchev–Trinajstić information content (AvgIpc) is 2.42. The molecule has 0 saturated heterocycles. The van der Waals surface area contributed by atoms with Gasteiger partial charge in [-0.3, -0.25) is 4.79 Å². The number of hydrogen-bond donors (Lipinski definition) is 1. The minimum Gasteiger partial charge on any atom is -0.484 e. The number of hydrogen-bond acceptors (Lipinski definition) is 2. The predicted molar refractivity (Wildman–Crippen MR) is 81.5 cm³/mol. The van der Waals surface area contributed by atoms with Gasteiger partial charge in [-0.2, -0.15) is 0 Å². The Bertz CT molecular complexity index is 588. The third-order valence-corrected chi connectivity index (χ3v) is 3.18. The van der Waals surface area contributed by atoms with Gasteiger partial charge in [0.25, 0.3) is 5.91 Å². The molecular formula is C16H16ClNO2. The van der Waals surface area contributed by atoms with Crippen molar-refractivity contribution in [2.75, 3.05) is 11.9 Å². The van der Waals surface area contributed by atoms with Crippen LogP contribution in [0.4, 0.5) is 5.69 Å². The third kappa shape index (κ3) is 3.75. The number of benzene rings is 2. The van der Waals surface area contributed by atoms with Crippen LogP contribution in [-0.2, 0) is 4.79 Å². The molecule has 0 bridgehead atoms. The van der Waals surface area contributed by atoms with E-state index in [1.165, 1.54) is 0 Å². The van der Waals surface area contributed by atoms with Gasteiger partial charge < -0.3 is 10.1 Å². The summed E-state index contributed by atoms with van der Waals surface area (Å²) in [5, 5.41) is 3.51. The Morgan fingerprint density at radius 3 is 2.30 bits per heavy atom. The number of halogens is 1. The van der Waals surface area contributed by atoms with E-state index in [9.17, 15) is 4.79 Å². The highest BCUT2D eigenvalue weighted by Crippen LogP contribution is 2.19. The Balaban J connectivity index is 1.94. The zero-order valence-electron chi connectivity index (χ0n) is 11.4. The second-order valence-electron chi connectivity index (χ2n) is 4.56. The first kappa shape index (κ1) is 14.4. The van der Waals surface area contributed by atoms with E-state index < -0.39 is 0 Å². The van der Waals surface area contributed by atoms with E-state index in [0.717, 1.165) is 16.8 Å². The Kier molecular flexibility index (Phi) is 4.64. The van der Waals surface area contributed by atoms with Crippen LogP contribution < -0.4 is 10.1 Å². The lowest BCUT2D eigenvalue weighted by molar-refractivity contribution is -0.118. The molecule has 2 aromatic rings. The third-order valence-electron chi connectivity index (χ3n) is 2.93. The van der Waals surface area contributed by atoms with Crippen molar-refractivity contribution in [3.8, 4) is 5.75 Å². The maximum Gasteiger partial charge on any atom is 0.262 e. The summed E-state index contributed by atoms with van der Waals surface area (Å²) < 4.78 is 5.40. The summed E-state index contributed by atoms with van der Waals surface area (Å²) in [7, 11) is 0. The Hall–Kier alpha value is -2.00. The largest absolute Gasteiger partial charge is 0.484 e. The van der Waals surface area contributed by atoms with E-state index >= 15 is 0 Å². The molecule has 0 radical (unpaired) electrons. The first-order chi connectivity index (χ1) is 9.56. The van der Waals surface area contributed by atoms with Crippen LogP contribution in [0.25, 0.3) is 0 Å². The number of carbonyl (C=O) groups excluding carboxylic acids is 1. The van der Waals surface area contributed by atoms with Crippen molar-refractivity contribution in [2.24, 2.45) is 0 Å². The molecule has 0 aliphatic carbocycles. The molecule has 0 heterocycles. The summed E-state index contributed by atoms with van der Waals surface area (Å²) in [6.45, 7) is 3.89. The van der Waals surface area contributed by atoms with Crippen molar-refractivity contribution < 1.29 is 9.53 Å². The number of para-hydroxylation sites is 1. The zero-order chi connectivity index (χ0) is 14.5. The van der Waals surface area contributed by atoms with Crippen LogP contribution in [-0.4, -0.2) is 12.5 Å². The molecule has 20 heavy (non-hydrogen) atoms. The molecule has 2 aromatic carbocycles. The van der Waals surface area contributed by atoms with E-state index in [1.54, 1.807) is 24.3 Å². The fraction of sp³-hybridized carbons (Fsp3) is 0.188. The van der Waals surface area contributed by atoms with Crippen molar-refractivity contribution in [2.45, 2.75) is 13.8 Å². The molecule has 0 aromatic heterocycles. The highest BCUT2D eigenvalue weighted by atomic mass is 35.5. The lowest BCUT2D eigenvalue weighted by Crippen LogP contribution is -2.21. The van der Waals surface area contributed by atoms with Gasteiger partial charge in [0.1, 0.15) is 5.75 Å².